The summed E-state index contributed by atoms with van der Waals surface area (Å²) in [6, 6.07) is 0.691. The fourth-order valence-electron chi connectivity index (χ4n) is 4.14. The van der Waals surface area contributed by atoms with Gasteiger partial charge in [-0.15, -0.1) is 0 Å². The summed E-state index contributed by atoms with van der Waals surface area (Å²) >= 11 is 0. The second-order valence-electron chi connectivity index (χ2n) is 7.59. The van der Waals surface area contributed by atoms with Gasteiger partial charge in [0.1, 0.15) is 0 Å². The first-order valence-corrected chi connectivity index (χ1v) is 8.73. The third-order valence-electron chi connectivity index (χ3n) is 5.96. The minimum Gasteiger partial charge on any atom is -0.377 e. The molecule has 0 aromatic carbocycles. The lowest BCUT2D eigenvalue weighted by Gasteiger charge is -2.49. The molecule has 0 spiro atoms. The first kappa shape index (κ1) is 14.8. The van der Waals surface area contributed by atoms with Crippen molar-refractivity contribution in [3.05, 3.63) is 0 Å². The monoisotopic (exact) mass is 280 g/mol. The van der Waals surface area contributed by atoms with Crippen molar-refractivity contribution in [2.45, 2.75) is 70.6 Å². The van der Waals surface area contributed by atoms with Crippen molar-refractivity contribution >= 4 is 0 Å². The van der Waals surface area contributed by atoms with E-state index in [1.165, 1.54) is 38.6 Å². The average Bonchev–Trinajstić information content (AvgIpc) is 3.19. The lowest BCUT2D eigenvalue weighted by Crippen LogP contribution is -2.66. The molecule has 4 atom stereocenters. The quantitative estimate of drug-likeness (QED) is 0.838. The molecule has 4 unspecified atom stereocenters. The predicted molar refractivity (Wildman–Crippen MR) is 82.9 cm³/mol. The van der Waals surface area contributed by atoms with E-state index in [-0.39, 0.29) is 0 Å². The van der Waals surface area contributed by atoms with Crippen molar-refractivity contribution in [2.24, 2.45) is 11.8 Å². The van der Waals surface area contributed by atoms with Crippen LogP contribution in [-0.4, -0.2) is 48.8 Å². The van der Waals surface area contributed by atoms with Gasteiger partial charge in [-0.3, -0.25) is 4.90 Å². The van der Waals surface area contributed by atoms with Gasteiger partial charge in [0.2, 0.25) is 0 Å². The number of ether oxygens (including phenoxy) is 1. The molecule has 3 fully saturated rings. The van der Waals surface area contributed by atoms with Crippen LogP contribution in [0.3, 0.4) is 0 Å². The van der Waals surface area contributed by atoms with Crippen LogP contribution in [0.4, 0.5) is 0 Å². The summed E-state index contributed by atoms with van der Waals surface area (Å²) in [5.74, 6) is 1.68. The third-order valence-corrected chi connectivity index (χ3v) is 5.96. The molecule has 0 aromatic rings. The second-order valence-corrected chi connectivity index (χ2v) is 7.59. The van der Waals surface area contributed by atoms with Gasteiger partial charge in [-0.1, -0.05) is 20.3 Å². The molecule has 0 bridgehead atoms. The molecule has 3 aliphatic rings. The van der Waals surface area contributed by atoms with Crippen molar-refractivity contribution in [1.29, 1.82) is 0 Å². The zero-order valence-electron chi connectivity index (χ0n) is 13.5. The molecule has 3 rings (SSSR count). The zero-order chi connectivity index (χ0) is 14.2. The minimum absolute atomic E-state index is 0.350. The Morgan fingerprint density at radius 3 is 2.75 bits per heavy atom. The molecule has 0 aromatic heterocycles. The highest BCUT2D eigenvalue weighted by Crippen LogP contribution is 2.42. The van der Waals surface area contributed by atoms with Crippen LogP contribution < -0.4 is 5.32 Å². The van der Waals surface area contributed by atoms with Gasteiger partial charge in [-0.25, -0.2) is 0 Å². The van der Waals surface area contributed by atoms with Crippen molar-refractivity contribution in [3.8, 4) is 0 Å². The summed E-state index contributed by atoms with van der Waals surface area (Å²) in [5.41, 5.74) is 0.350. The van der Waals surface area contributed by atoms with Crippen LogP contribution in [-0.2, 0) is 4.74 Å². The first-order valence-electron chi connectivity index (χ1n) is 8.73. The maximum absolute atomic E-state index is 5.90. The van der Waals surface area contributed by atoms with Crippen LogP contribution in [0.2, 0.25) is 0 Å². The number of rotatable bonds is 5. The van der Waals surface area contributed by atoms with Crippen molar-refractivity contribution in [1.82, 2.24) is 10.2 Å². The standard InChI is InChI=1S/C17H32N2O/c1-4-13(2)16-10-18-17(3,14-7-8-14)12-19(16)11-15-6-5-9-20-15/h13-16,18H,4-12H2,1-3H3. The van der Waals surface area contributed by atoms with Gasteiger partial charge in [-0.05, 0) is 44.4 Å². The molecular weight excluding hydrogens is 248 g/mol. The Kier molecular flexibility index (Phi) is 4.40. The van der Waals surface area contributed by atoms with E-state index in [0.717, 1.165) is 31.5 Å². The van der Waals surface area contributed by atoms with Crippen molar-refractivity contribution < 1.29 is 4.74 Å². The van der Waals surface area contributed by atoms with Gasteiger partial charge < -0.3 is 10.1 Å². The van der Waals surface area contributed by atoms with Gasteiger partial charge in [0, 0.05) is 37.8 Å². The summed E-state index contributed by atoms with van der Waals surface area (Å²) in [7, 11) is 0. The number of hydrogen-bond acceptors (Lipinski definition) is 3. The van der Waals surface area contributed by atoms with Gasteiger partial charge >= 0.3 is 0 Å². The molecule has 20 heavy (non-hydrogen) atoms. The van der Waals surface area contributed by atoms with E-state index in [1.54, 1.807) is 0 Å². The van der Waals surface area contributed by atoms with E-state index in [4.69, 9.17) is 4.74 Å². The lowest BCUT2D eigenvalue weighted by atomic mass is 9.86. The molecule has 1 saturated carbocycles. The topological polar surface area (TPSA) is 24.5 Å². The van der Waals surface area contributed by atoms with E-state index in [9.17, 15) is 0 Å². The molecule has 1 N–H and O–H groups in total. The van der Waals surface area contributed by atoms with Gasteiger partial charge in [-0.2, -0.15) is 0 Å². The molecular formula is C17H32N2O. The summed E-state index contributed by atoms with van der Waals surface area (Å²) < 4.78 is 5.90. The molecule has 1 aliphatic carbocycles. The maximum Gasteiger partial charge on any atom is 0.0702 e. The molecule has 3 heteroatoms. The molecule has 2 saturated heterocycles. The average molecular weight is 280 g/mol. The van der Waals surface area contributed by atoms with E-state index in [0.29, 0.717) is 17.7 Å². The second kappa shape index (κ2) is 5.94. The van der Waals surface area contributed by atoms with Gasteiger partial charge in [0.25, 0.3) is 0 Å². The van der Waals surface area contributed by atoms with Crippen LogP contribution in [0.15, 0.2) is 0 Å². The normalized spacial score (nSPS) is 41.0. The highest BCUT2D eigenvalue weighted by molar-refractivity contribution is 5.05. The largest absolute Gasteiger partial charge is 0.377 e. The Bertz CT molecular complexity index is 325. The Morgan fingerprint density at radius 2 is 2.15 bits per heavy atom. The fourth-order valence-corrected chi connectivity index (χ4v) is 4.14. The highest BCUT2D eigenvalue weighted by Gasteiger charge is 2.47. The molecule has 116 valence electrons. The Morgan fingerprint density at radius 1 is 1.35 bits per heavy atom. The fraction of sp³-hybridized carbons (Fsp3) is 1.00. The van der Waals surface area contributed by atoms with Crippen molar-refractivity contribution in [3.63, 3.8) is 0 Å². The highest BCUT2D eigenvalue weighted by atomic mass is 16.5. The van der Waals surface area contributed by atoms with E-state index >= 15 is 0 Å². The molecule has 0 amide bonds. The minimum atomic E-state index is 0.350. The van der Waals surface area contributed by atoms with Crippen LogP contribution in [0.5, 0.6) is 0 Å². The van der Waals surface area contributed by atoms with E-state index in [2.05, 4.69) is 31.0 Å². The van der Waals surface area contributed by atoms with Crippen LogP contribution >= 0.6 is 0 Å². The van der Waals surface area contributed by atoms with Crippen LogP contribution in [0, 0.1) is 11.8 Å². The van der Waals surface area contributed by atoms with Crippen LogP contribution in [0.1, 0.15) is 52.9 Å². The SMILES string of the molecule is CCC(C)C1CNC(C)(C2CC2)CN1CC1CCCO1. The molecule has 2 heterocycles. The number of hydrogen-bond donors (Lipinski definition) is 1. The predicted octanol–water partition coefficient (Wildman–Crippen LogP) is 2.65. The first-order chi connectivity index (χ1) is 9.62. The number of nitrogens with one attached hydrogen (secondary N) is 1. The summed E-state index contributed by atoms with van der Waals surface area (Å²) in [5, 5.41) is 3.90. The molecule has 3 nitrogen and oxygen atoms in total. The summed E-state index contributed by atoms with van der Waals surface area (Å²) in [4.78, 5) is 2.76. The summed E-state index contributed by atoms with van der Waals surface area (Å²) in [6.45, 7) is 11.7. The smallest absolute Gasteiger partial charge is 0.0702 e. The molecule has 0 radical (unpaired) electrons. The Balaban J connectivity index is 1.67. The Labute approximate surface area is 124 Å². The lowest BCUT2D eigenvalue weighted by molar-refractivity contribution is 0.00207. The Hall–Kier alpha value is -0.120. The maximum atomic E-state index is 5.90. The molecule has 2 aliphatic heterocycles. The van der Waals surface area contributed by atoms with E-state index in [1.807, 2.05) is 0 Å². The number of piperazine rings is 1. The van der Waals surface area contributed by atoms with Crippen molar-refractivity contribution in [2.75, 3.05) is 26.2 Å². The van der Waals surface area contributed by atoms with Crippen LogP contribution in [0.25, 0.3) is 0 Å². The van der Waals surface area contributed by atoms with Gasteiger partial charge in [0.15, 0.2) is 0 Å². The van der Waals surface area contributed by atoms with E-state index < -0.39 is 0 Å². The zero-order valence-corrected chi connectivity index (χ0v) is 13.5. The number of nitrogens with zero attached hydrogens (tertiary/aromatic N) is 1. The third kappa shape index (κ3) is 3.05. The summed E-state index contributed by atoms with van der Waals surface area (Å²) in [6.07, 6.45) is 7.12. The van der Waals surface area contributed by atoms with Gasteiger partial charge in [0.05, 0.1) is 6.10 Å².